The molecule has 2 atom stereocenters. The number of nitrogens with two attached hydrogens (primary N) is 1. The minimum absolute atomic E-state index is 0.0527. The van der Waals surface area contributed by atoms with Crippen molar-refractivity contribution in [3.8, 4) is 0 Å². The molecule has 1 aliphatic heterocycles. The van der Waals surface area contributed by atoms with Gasteiger partial charge in [0.1, 0.15) is 0 Å². The molecule has 0 aliphatic carbocycles. The molecule has 2 rings (SSSR count). The second-order valence-corrected chi connectivity index (χ2v) is 6.01. The van der Waals surface area contributed by atoms with E-state index in [0.717, 1.165) is 38.0 Å². The zero-order valence-electron chi connectivity index (χ0n) is 13.3. The predicted molar refractivity (Wildman–Crippen MR) is 87.8 cm³/mol. The van der Waals surface area contributed by atoms with E-state index in [1.165, 1.54) is 0 Å². The molecule has 0 aromatic heterocycles. The van der Waals surface area contributed by atoms with E-state index in [9.17, 15) is 9.59 Å². The summed E-state index contributed by atoms with van der Waals surface area (Å²) in [4.78, 5) is 25.7. The molecule has 5 heteroatoms. The van der Waals surface area contributed by atoms with E-state index in [1.807, 2.05) is 25.1 Å². The minimum atomic E-state index is -0.417. The molecule has 1 aromatic rings. The first-order chi connectivity index (χ1) is 10.5. The van der Waals surface area contributed by atoms with E-state index >= 15 is 0 Å². The lowest BCUT2D eigenvalue weighted by Gasteiger charge is -2.21. The lowest BCUT2D eigenvalue weighted by molar-refractivity contribution is -0.125. The van der Waals surface area contributed by atoms with Gasteiger partial charge in [0.25, 0.3) is 5.91 Å². The Balaban J connectivity index is 1.99. The highest BCUT2D eigenvalue weighted by Gasteiger charge is 2.27. The maximum absolute atomic E-state index is 12.1. The van der Waals surface area contributed by atoms with E-state index in [1.54, 1.807) is 6.07 Å². The number of carbonyl (C=O) groups is 2. The Morgan fingerprint density at radius 3 is 2.82 bits per heavy atom. The summed E-state index contributed by atoms with van der Waals surface area (Å²) in [5, 5.41) is 3.12. The zero-order chi connectivity index (χ0) is 16.1. The number of nitrogens with zero attached hydrogens (tertiary/aromatic N) is 1. The number of carbonyl (C=O) groups excluding carboxylic acids is 2. The van der Waals surface area contributed by atoms with Crippen LogP contribution in [0.25, 0.3) is 0 Å². The second kappa shape index (κ2) is 7.29. The number of para-hydroxylation sites is 1. The zero-order valence-corrected chi connectivity index (χ0v) is 13.3. The SMILES string of the molecule is CCC[C@@H](C)C(=O)N[C@@H]1CCN(c2ccccc2C(N)=O)C1. The Bertz CT molecular complexity index is 544. The molecule has 0 saturated carbocycles. The topological polar surface area (TPSA) is 75.4 Å². The monoisotopic (exact) mass is 303 g/mol. The molecule has 22 heavy (non-hydrogen) atoms. The van der Waals surface area contributed by atoms with Crippen molar-refractivity contribution in [2.24, 2.45) is 11.7 Å². The molecule has 3 N–H and O–H groups in total. The Kier molecular flexibility index (Phi) is 5.41. The fourth-order valence-electron chi connectivity index (χ4n) is 2.96. The summed E-state index contributed by atoms with van der Waals surface area (Å²) in [7, 11) is 0. The number of rotatable bonds is 6. The van der Waals surface area contributed by atoms with Crippen LogP contribution in [-0.2, 0) is 4.79 Å². The number of amides is 2. The van der Waals surface area contributed by atoms with E-state index in [0.29, 0.717) is 5.56 Å². The lowest BCUT2D eigenvalue weighted by Crippen LogP contribution is -2.40. The van der Waals surface area contributed by atoms with E-state index in [4.69, 9.17) is 5.73 Å². The Morgan fingerprint density at radius 2 is 2.14 bits per heavy atom. The van der Waals surface area contributed by atoms with Crippen LogP contribution in [0.3, 0.4) is 0 Å². The normalized spacial score (nSPS) is 19.0. The van der Waals surface area contributed by atoms with Crippen LogP contribution >= 0.6 is 0 Å². The number of benzene rings is 1. The highest BCUT2D eigenvalue weighted by Crippen LogP contribution is 2.24. The van der Waals surface area contributed by atoms with E-state index < -0.39 is 5.91 Å². The van der Waals surface area contributed by atoms with Crippen LogP contribution in [0.4, 0.5) is 5.69 Å². The Labute approximate surface area is 131 Å². The van der Waals surface area contributed by atoms with Crippen molar-refractivity contribution in [2.45, 2.75) is 39.2 Å². The molecule has 1 saturated heterocycles. The van der Waals surface area contributed by atoms with Gasteiger partial charge in [0.2, 0.25) is 5.91 Å². The highest BCUT2D eigenvalue weighted by atomic mass is 16.2. The molecule has 1 aromatic carbocycles. The standard InChI is InChI=1S/C17H25N3O2/c1-3-6-12(2)17(22)19-13-9-10-20(11-13)15-8-5-4-7-14(15)16(18)21/h4-5,7-8,12-13H,3,6,9-11H2,1-2H3,(H2,18,21)(H,19,22)/t12-,13-/m1/s1. The van der Waals surface area contributed by atoms with Crippen molar-refractivity contribution >= 4 is 17.5 Å². The third kappa shape index (κ3) is 3.78. The molecule has 0 spiro atoms. The molecule has 5 nitrogen and oxygen atoms in total. The molecule has 0 bridgehead atoms. The number of nitrogens with one attached hydrogen (secondary N) is 1. The fourth-order valence-corrected chi connectivity index (χ4v) is 2.96. The van der Waals surface area contributed by atoms with Gasteiger partial charge >= 0.3 is 0 Å². The van der Waals surface area contributed by atoms with Crippen molar-refractivity contribution < 1.29 is 9.59 Å². The number of primary amides is 1. The summed E-state index contributed by atoms with van der Waals surface area (Å²) >= 11 is 0. The summed E-state index contributed by atoms with van der Waals surface area (Å²) < 4.78 is 0. The van der Waals surface area contributed by atoms with Gasteiger partial charge in [-0.25, -0.2) is 0 Å². The van der Waals surface area contributed by atoms with Gasteiger partial charge in [0.15, 0.2) is 0 Å². The van der Waals surface area contributed by atoms with Gasteiger partial charge in [-0.2, -0.15) is 0 Å². The Hall–Kier alpha value is -2.04. The van der Waals surface area contributed by atoms with E-state index in [2.05, 4.69) is 17.1 Å². The molecule has 2 amide bonds. The number of hydrogen-bond donors (Lipinski definition) is 2. The van der Waals surface area contributed by atoms with Crippen LogP contribution < -0.4 is 16.0 Å². The van der Waals surface area contributed by atoms with Gasteiger partial charge in [-0.1, -0.05) is 32.4 Å². The first-order valence-corrected chi connectivity index (χ1v) is 7.97. The van der Waals surface area contributed by atoms with Crippen molar-refractivity contribution in [2.75, 3.05) is 18.0 Å². The molecule has 120 valence electrons. The van der Waals surface area contributed by atoms with Crippen LogP contribution in [0.2, 0.25) is 0 Å². The van der Waals surface area contributed by atoms with Crippen molar-refractivity contribution in [1.29, 1.82) is 0 Å². The molecular weight excluding hydrogens is 278 g/mol. The van der Waals surface area contributed by atoms with Gasteiger partial charge in [0.05, 0.1) is 5.56 Å². The maximum Gasteiger partial charge on any atom is 0.250 e. The largest absolute Gasteiger partial charge is 0.369 e. The molecular formula is C17H25N3O2. The molecule has 0 unspecified atom stereocenters. The van der Waals surface area contributed by atoms with Crippen LogP contribution in [0.15, 0.2) is 24.3 Å². The number of anilines is 1. The molecule has 1 aliphatic rings. The second-order valence-electron chi connectivity index (χ2n) is 6.01. The quantitative estimate of drug-likeness (QED) is 0.843. The average molecular weight is 303 g/mol. The third-order valence-electron chi connectivity index (χ3n) is 4.21. The summed E-state index contributed by atoms with van der Waals surface area (Å²) in [5.74, 6) is -0.242. The van der Waals surface area contributed by atoms with Gasteiger partial charge in [-0.3, -0.25) is 9.59 Å². The summed E-state index contributed by atoms with van der Waals surface area (Å²) in [6.07, 6.45) is 2.81. The van der Waals surface area contributed by atoms with Crippen molar-refractivity contribution in [1.82, 2.24) is 5.32 Å². The van der Waals surface area contributed by atoms with Gasteiger partial charge in [-0.15, -0.1) is 0 Å². The summed E-state index contributed by atoms with van der Waals surface area (Å²) in [6, 6.07) is 7.49. The predicted octanol–water partition coefficient (Wildman–Crippen LogP) is 1.92. The smallest absolute Gasteiger partial charge is 0.250 e. The van der Waals surface area contributed by atoms with Crippen molar-refractivity contribution in [3.63, 3.8) is 0 Å². The van der Waals surface area contributed by atoms with Crippen LogP contribution in [-0.4, -0.2) is 30.9 Å². The number of hydrogen-bond acceptors (Lipinski definition) is 3. The van der Waals surface area contributed by atoms with Gasteiger partial charge in [0, 0.05) is 30.7 Å². The van der Waals surface area contributed by atoms with Crippen LogP contribution in [0, 0.1) is 5.92 Å². The highest BCUT2D eigenvalue weighted by molar-refractivity contribution is 5.98. The first-order valence-electron chi connectivity index (χ1n) is 7.97. The van der Waals surface area contributed by atoms with Gasteiger partial charge in [-0.05, 0) is 25.0 Å². The third-order valence-corrected chi connectivity index (χ3v) is 4.21. The average Bonchev–Trinajstić information content (AvgIpc) is 2.95. The first kappa shape index (κ1) is 16.3. The Morgan fingerprint density at radius 1 is 1.41 bits per heavy atom. The summed E-state index contributed by atoms with van der Waals surface area (Å²) in [6.45, 7) is 5.59. The van der Waals surface area contributed by atoms with Crippen molar-refractivity contribution in [3.05, 3.63) is 29.8 Å². The molecule has 0 radical (unpaired) electrons. The maximum atomic E-state index is 12.1. The fraction of sp³-hybridized carbons (Fsp3) is 0.529. The van der Waals surface area contributed by atoms with Crippen LogP contribution in [0.5, 0.6) is 0 Å². The summed E-state index contributed by atoms with van der Waals surface area (Å²) in [5.41, 5.74) is 6.83. The molecule has 1 heterocycles. The minimum Gasteiger partial charge on any atom is -0.369 e. The molecule has 1 fully saturated rings. The lowest BCUT2D eigenvalue weighted by atomic mass is 10.0. The van der Waals surface area contributed by atoms with E-state index in [-0.39, 0.29) is 17.9 Å². The van der Waals surface area contributed by atoms with Crippen LogP contribution in [0.1, 0.15) is 43.5 Å². The van der Waals surface area contributed by atoms with Gasteiger partial charge < -0.3 is 16.0 Å².